The monoisotopic (exact) mass is 231 g/mol. The van der Waals surface area contributed by atoms with Crippen LogP contribution in [0.1, 0.15) is 11.6 Å². The van der Waals surface area contributed by atoms with Gasteiger partial charge < -0.3 is 10.1 Å². The second kappa shape index (κ2) is 5.09. The largest absolute Gasteiger partial charge is 0.468 e. The molecule has 5 heteroatoms. The van der Waals surface area contributed by atoms with Crippen LogP contribution in [0.3, 0.4) is 0 Å². The third kappa shape index (κ3) is 2.67. The molecule has 1 atom stereocenters. The van der Waals surface area contributed by atoms with Gasteiger partial charge in [-0.2, -0.15) is 0 Å². The Hall–Kier alpha value is -1.13. The Morgan fingerprint density at radius 2 is 2.27 bits per heavy atom. The summed E-state index contributed by atoms with van der Waals surface area (Å²) in [5, 5.41) is 2.94. The van der Waals surface area contributed by atoms with E-state index in [2.05, 4.69) is 10.1 Å². The van der Waals surface area contributed by atoms with Crippen LogP contribution in [0.5, 0.6) is 0 Å². The highest BCUT2D eigenvalue weighted by atomic mass is 35.5. The van der Waals surface area contributed by atoms with Gasteiger partial charge in [0, 0.05) is 5.02 Å². The fourth-order valence-corrected chi connectivity index (χ4v) is 1.53. The van der Waals surface area contributed by atoms with Gasteiger partial charge in [-0.3, -0.25) is 0 Å². The Morgan fingerprint density at radius 1 is 1.60 bits per heavy atom. The molecule has 0 bridgehead atoms. The van der Waals surface area contributed by atoms with Crippen LogP contribution in [0.2, 0.25) is 5.02 Å². The molecule has 1 aromatic carbocycles. The zero-order valence-corrected chi connectivity index (χ0v) is 9.14. The lowest BCUT2D eigenvalue weighted by atomic mass is 10.1. The van der Waals surface area contributed by atoms with E-state index in [1.165, 1.54) is 19.2 Å². The molecule has 0 amide bonds. The van der Waals surface area contributed by atoms with Crippen molar-refractivity contribution in [2.45, 2.75) is 6.04 Å². The van der Waals surface area contributed by atoms with Gasteiger partial charge in [0.1, 0.15) is 11.9 Å². The van der Waals surface area contributed by atoms with Gasteiger partial charge in [-0.15, -0.1) is 0 Å². The molecule has 15 heavy (non-hydrogen) atoms. The Bertz CT molecular complexity index is 370. The molecular formula is C10H11ClFNO2. The van der Waals surface area contributed by atoms with E-state index in [0.717, 1.165) is 6.07 Å². The summed E-state index contributed by atoms with van der Waals surface area (Å²) in [4.78, 5) is 11.3. The molecule has 0 fully saturated rings. The minimum Gasteiger partial charge on any atom is -0.468 e. The molecule has 1 unspecified atom stereocenters. The molecule has 0 aromatic heterocycles. The third-order valence-electron chi connectivity index (χ3n) is 2.00. The predicted octanol–water partition coefficient (Wildman–Crippen LogP) is 1.91. The zero-order valence-electron chi connectivity index (χ0n) is 8.38. The zero-order chi connectivity index (χ0) is 11.4. The molecule has 0 heterocycles. The maximum absolute atomic E-state index is 12.8. The molecule has 0 saturated carbocycles. The minimum atomic E-state index is -0.678. The van der Waals surface area contributed by atoms with E-state index in [1.54, 1.807) is 7.05 Å². The van der Waals surface area contributed by atoms with E-state index in [4.69, 9.17) is 11.6 Å². The van der Waals surface area contributed by atoms with Gasteiger partial charge in [-0.25, -0.2) is 9.18 Å². The Balaban J connectivity index is 3.07. The standard InChI is InChI=1S/C10H11ClFNO2/c1-13-9(10(14)15-2)7-4-3-6(12)5-8(7)11/h3-5,9,13H,1-2H3. The molecule has 1 N–H and O–H groups in total. The van der Waals surface area contributed by atoms with E-state index >= 15 is 0 Å². The summed E-state index contributed by atoms with van der Waals surface area (Å²) in [6.45, 7) is 0. The molecular weight excluding hydrogens is 221 g/mol. The second-order valence-electron chi connectivity index (χ2n) is 2.91. The normalized spacial score (nSPS) is 12.3. The molecule has 82 valence electrons. The van der Waals surface area contributed by atoms with Crippen LogP contribution < -0.4 is 5.32 Å². The van der Waals surface area contributed by atoms with Gasteiger partial charge in [0.15, 0.2) is 0 Å². The maximum atomic E-state index is 12.8. The smallest absolute Gasteiger partial charge is 0.327 e. The second-order valence-corrected chi connectivity index (χ2v) is 3.32. The molecule has 0 aliphatic heterocycles. The Kier molecular flexibility index (Phi) is 4.05. The van der Waals surface area contributed by atoms with Crippen molar-refractivity contribution in [1.82, 2.24) is 5.32 Å². The number of hydrogen-bond donors (Lipinski definition) is 1. The van der Waals surface area contributed by atoms with E-state index in [-0.39, 0.29) is 5.02 Å². The van der Waals surface area contributed by atoms with Crippen molar-refractivity contribution >= 4 is 17.6 Å². The molecule has 1 aromatic rings. The van der Waals surface area contributed by atoms with Gasteiger partial charge >= 0.3 is 5.97 Å². The number of nitrogens with one attached hydrogen (secondary N) is 1. The highest BCUT2D eigenvalue weighted by Crippen LogP contribution is 2.24. The van der Waals surface area contributed by atoms with Crippen LogP contribution in [0.15, 0.2) is 18.2 Å². The molecule has 0 aliphatic rings. The van der Waals surface area contributed by atoms with Crippen molar-refractivity contribution in [3.63, 3.8) is 0 Å². The lowest BCUT2D eigenvalue weighted by Crippen LogP contribution is -2.26. The number of carbonyl (C=O) groups excluding carboxylic acids is 1. The van der Waals surface area contributed by atoms with Gasteiger partial charge in [-0.05, 0) is 24.7 Å². The van der Waals surface area contributed by atoms with Crippen molar-refractivity contribution in [3.8, 4) is 0 Å². The summed E-state index contributed by atoms with van der Waals surface area (Å²) in [5.74, 6) is -0.908. The SMILES string of the molecule is CNC(C(=O)OC)c1ccc(F)cc1Cl. The van der Waals surface area contributed by atoms with E-state index in [9.17, 15) is 9.18 Å². The predicted molar refractivity (Wildman–Crippen MR) is 55.2 cm³/mol. The molecule has 3 nitrogen and oxygen atoms in total. The lowest BCUT2D eigenvalue weighted by molar-refractivity contribution is -0.143. The van der Waals surface area contributed by atoms with E-state index in [1.807, 2.05) is 0 Å². The number of benzene rings is 1. The first-order chi connectivity index (χ1) is 7.10. The van der Waals surface area contributed by atoms with Crippen LogP contribution >= 0.6 is 11.6 Å². The maximum Gasteiger partial charge on any atom is 0.327 e. The summed E-state index contributed by atoms with van der Waals surface area (Å²) in [5.41, 5.74) is 0.493. The first-order valence-corrected chi connectivity index (χ1v) is 4.68. The number of hydrogen-bond acceptors (Lipinski definition) is 3. The van der Waals surface area contributed by atoms with E-state index in [0.29, 0.717) is 5.56 Å². The molecule has 0 aliphatic carbocycles. The summed E-state index contributed by atoms with van der Waals surface area (Å²) in [6, 6.07) is 3.18. The molecule has 1 rings (SSSR count). The molecule has 0 saturated heterocycles. The van der Waals surface area contributed by atoms with Gasteiger partial charge in [0.05, 0.1) is 7.11 Å². The number of esters is 1. The van der Waals surface area contributed by atoms with Crippen molar-refractivity contribution in [2.75, 3.05) is 14.2 Å². The van der Waals surface area contributed by atoms with Gasteiger partial charge in [0.25, 0.3) is 0 Å². The number of halogens is 2. The lowest BCUT2D eigenvalue weighted by Gasteiger charge is -2.15. The van der Waals surface area contributed by atoms with Gasteiger partial charge in [0.2, 0.25) is 0 Å². The fraction of sp³-hybridized carbons (Fsp3) is 0.300. The average Bonchev–Trinajstić information content (AvgIpc) is 2.21. The van der Waals surface area contributed by atoms with Gasteiger partial charge in [-0.1, -0.05) is 17.7 Å². The van der Waals surface area contributed by atoms with Crippen LogP contribution in [0.25, 0.3) is 0 Å². The highest BCUT2D eigenvalue weighted by Gasteiger charge is 2.21. The summed E-state index contributed by atoms with van der Waals surface area (Å²) < 4.78 is 17.4. The first-order valence-electron chi connectivity index (χ1n) is 4.30. The van der Waals surface area contributed by atoms with E-state index < -0.39 is 17.8 Å². The highest BCUT2D eigenvalue weighted by molar-refractivity contribution is 6.31. The summed E-state index contributed by atoms with van der Waals surface area (Å²) >= 11 is 5.82. The van der Waals surface area contributed by atoms with Crippen molar-refractivity contribution in [1.29, 1.82) is 0 Å². The Labute approximate surface area is 92.2 Å². The van der Waals surface area contributed by atoms with Crippen LogP contribution in [-0.2, 0) is 9.53 Å². The number of rotatable bonds is 3. The molecule has 0 spiro atoms. The first kappa shape index (κ1) is 11.9. The molecule has 0 radical (unpaired) electrons. The van der Waals surface area contributed by atoms with Crippen molar-refractivity contribution in [2.24, 2.45) is 0 Å². The van der Waals surface area contributed by atoms with Crippen molar-refractivity contribution < 1.29 is 13.9 Å². The third-order valence-corrected chi connectivity index (χ3v) is 2.33. The van der Waals surface area contributed by atoms with Crippen LogP contribution in [-0.4, -0.2) is 20.1 Å². The fourth-order valence-electron chi connectivity index (χ4n) is 1.25. The minimum absolute atomic E-state index is 0.194. The number of carbonyl (C=O) groups is 1. The average molecular weight is 232 g/mol. The van der Waals surface area contributed by atoms with Crippen LogP contribution in [0.4, 0.5) is 4.39 Å². The number of ether oxygens (including phenoxy) is 1. The number of likely N-dealkylation sites (N-methyl/N-ethyl adjacent to an activating group) is 1. The van der Waals surface area contributed by atoms with Crippen molar-refractivity contribution in [3.05, 3.63) is 34.6 Å². The quantitative estimate of drug-likeness (QED) is 0.808. The summed E-state index contributed by atoms with van der Waals surface area (Å²) in [6.07, 6.45) is 0. The topological polar surface area (TPSA) is 38.3 Å². The summed E-state index contributed by atoms with van der Waals surface area (Å²) in [7, 11) is 2.88. The Morgan fingerprint density at radius 3 is 2.73 bits per heavy atom. The van der Waals surface area contributed by atoms with Crippen LogP contribution in [0, 0.1) is 5.82 Å². The number of methoxy groups -OCH3 is 1.